The normalized spacial score (nSPS) is 25.1. The molecule has 44 heavy (non-hydrogen) atoms. The van der Waals surface area contributed by atoms with Crippen molar-refractivity contribution in [2.45, 2.75) is 96.6 Å². The van der Waals surface area contributed by atoms with Gasteiger partial charge in [0, 0.05) is 76.3 Å². The van der Waals surface area contributed by atoms with Crippen LogP contribution in [-0.2, 0) is 4.79 Å². The fraction of sp³-hybridized carbons (Fsp3) is 0.676. The average Bonchev–Trinajstić information content (AvgIpc) is 3.04. The minimum absolute atomic E-state index is 0.0258. The van der Waals surface area contributed by atoms with Gasteiger partial charge in [-0.05, 0) is 62.2 Å². The molecule has 3 unspecified atom stereocenters. The van der Waals surface area contributed by atoms with Crippen molar-refractivity contribution in [3.8, 4) is 0 Å². The molecule has 0 spiro atoms. The van der Waals surface area contributed by atoms with Gasteiger partial charge in [0.25, 0.3) is 0 Å². The van der Waals surface area contributed by atoms with E-state index in [2.05, 4.69) is 24.1 Å². The third kappa shape index (κ3) is 7.79. The molecule has 0 aromatic carbocycles. The lowest BCUT2D eigenvalue weighted by molar-refractivity contribution is -0.132. The van der Waals surface area contributed by atoms with Crippen molar-refractivity contribution in [2.75, 3.05) is 39.8 Å². The van der Waals surface area contributed by atoms with Crippen LogP contribution in [0.2, 0.25) is 0 Å². The third-order valence-electron chi connectivity index (χ3n) is 9.88. The van der Waals surface area contributed by atoms with E-state index >= 15 is 0 Å². The molecule has 0 bridgehead atoms. The number of hydrogen-bond acceptors (Lipinski definition) is 4. The Kier molecular flexibility index (Phi) is 12.2. The van der Waals surface area contributed by atoms with Gasteiger partial charge in [-0.2, -0.15) is 0 Å². The van der Waals surface area contributed by atoms with Gasteiger partial charge in [0.15, 0.2) is 0 Å². The van der Waals surface area contributed by atoms with Crippen molar-refractivity contribution >= 4 is 17.8 Å². The minimum Gasteiger partial charge on any atom is -0.343 e. The molecule has 3 amide bonds. The number of piperidine rings is 2. The van der Waals surface area contributed by atoms with Crippen LogP contribution in [-0.4, -0.2) is 90.8 Å². The van der Waals surface area contributed by atoms with Gasteiger partial charge in [-0.25, -0.2) is 13.6 Å². The summed E-state index contributed by atoms with van der Waals surface area (Å²) in [7, 11) is 1.62. The maximum Gasteiger partial charge on any atom is 0.317 e. The first-order valence-corrected chi connectivity index (χ1v) is 16.6. The van der Waals surface area contributed by atoms with Crippen molar-refractivity contribution in [3.05, 3.63) is 47.2 Å². The number of urea groups is 1. The second-order valence-corrected chi connectivity index (χ2v) is 12.6. The number of nitrogens with zero attached hydrogens (tertiary/aromatic N) is 3. The van der Waals surface area contributed by atoms with E-state index in [0.717, 1.165) is 74.9 Å². The SMILES string of the molecule is C=C/C(=C\C)C1=CC2=C(CC1C(F)F)N(C(=N)C1CN(C(=O)NC)CCC1NC1CCN(C(=O)CCCCC)CC1)CCC2. The quantitative estimate of drug-likeness (QED) is 0.125. The molecular weight excluding hydrogens is 562 g/mol. The van der Waals surface area contributed by atoms with Crippen molar-refractivity contribution < 1.29 is 18.4 Å². The van der Waals surface area contributed by atoms with Gasteiger partial charge in [0.1, 0.15) is 5.84 Å². The van der Waals surface area contributed by atoms with Crippen LogP contribution in [0.1, 0.15) is 78.1 Å². The highest BCUT2D eigenvalue weighted by atomic mass is 19.3. The third-order valence-corrected chi connectivity index (χ3v) is 9.88. The van der Waals surface area contributed by atoms with E-state index in [-0.39, 0.29) is 36.4 Å². The van der Waals surface area contributed by atoms with Crippen molar-refractivity contribution in [1.82, 2.24) is 25.3 Å². The second kappa shape index (κ2) is 15.8. The number of carbonyl (C=O) groups excluding carboxylic acids is 2. The Morgan fingerprint density at radius 1 is 1.14 bits per heavy atom. The predicted octanol–water partition coefficient (Wildman–Crippen LogP) is 5.85. The van der Waals surface area contributed by atoms with Crippen molar-refractivity contribution in [3.63, 3.8) is 0 Å². The maximum atomic E-state index is 14.4. The molecule has 2 saturated heterocycles. The Morgan fingerprint density at radius 2 is 1.86 bits per heavy atom. The first-order valence-electron chi connectivity index (χ1n) is 16.6. The highest BCUT2D eigenvalue weighted by molar-refractivity contribution is 5.86. The molecule has 3 atom stereocenters. The van der Waals surface area contributed by atoms with Gasteiger partial charge in [0.05, 0.1) is 5.92 Å². The van der Waals surface area contributed by atoms with Gasteiger partial charge in [-0.15, -0.1) is 0 Å². The molecular formula is C34H52F2N6O2. The van der Waals surface area contributed by atoms with Gasteiger partial charge in [0.2, 0.25) is 12.3 Å². The van der Waals surface area contributed by atoms with Gasteiger partial charge >= 0.3 is 6.03 Å². The number of nitrogens with one attached hydrogen (secondary N) is 3. The lowest BCUT2D eigenvalue weighted by atomic mass is 9.79. The number of halogens is 2. The number of carbonyl (C=O) groups is 2. The van der Waals surface area contributed by atoms with Crippen LogP contribution < -0.4 is 10.6 Å². The average molecular weight is 615 g/mol. The molecule has 3 heterocycles. The summed E-state index contributed by atoms with van der Waals surface area (Å²) in [6.07, 6.45) is 10.8. The number of amidine groups is 1. The zero-order chi connectivity index (χ0) is 31.8. The zero-order valence-corrected chi connectivity index (χ0v) is 26.8. The van der Waals surface area contributed by atoms with Crippen LogP contribution >= 0.6 is 0 Å². The van der Waals surface area contributed by atoms with E-state index in [9.17, 15) is 23.8 Å². The molecule has 10 heteroatoms. The summed E-state index contributed by atoms with van der Waals surface area (Å²) < 4.78 is 28.8. The first-order chi connectivity index (χ1) is 21.2. The topological polar surface area (TPSA) is 91.8 Å². The van der Waals surface area contributed by atoms with Crippen LogP contribution in [0.15, 0.2) is 47.2 Å². The van der Waals surface area contributed by atoms with Crippen molar-refractivity contribution in [1.29, 1.82) is 5.41 Å². The van der Waals surface area contributed by atoms with E-state index < -0.39 is 12.3 Å². The summed E-state index contributed by atoms with van der Waals surface area (Å²) in [4.78, 5) is 31.0. The lowest BCUT2D eigenvalue weighted by Gasteiger charge is -2.46. The van der Waals surface area contributed by atoms with Crippen LogP contribution in [0.5, 0.6) is 0 Å². The summed E-state index contributed by atoms with van der Waals surface area (Å²) in [5, 5.41) is 16.0. The van der Waals surface area contributed by atoms with E-state index in [1.54, 1.807) is 18.0 Å². The Bertz CT molecular complexity index is 1160. The molecule has 0 saturated carbocycles. The Hall–Kier alpha value is -3.01. The fourth-order valence-corrected chi connectivity index (χ4v) is 7.33. The molecule has 0 radical (unpaired) electrons. The van der Waals surface area contributed by atoms with Gasteiger partial charge < -0.3 is 25.3 Å². The number of rotatable bonds is 10. The smallest absolute Gasteiger partial charge is 0.317 e. The molecule has 1 aliphatic carbocycles. The highest BCUT2D eigenvalue weighted by Crippen LogP contribution is 2.42. The van der Waals surface area contributed by atoms with Gasteiger partial charge in [-0.1, -0.05) is 44.6 Å². The lowest BCUT2D eigenvalue weighted by Crippen LogP contribution is -2.60. The minimum atomic E-state index is -2.53. The van der Waals surface area contributed by atoms with Gasteiger partial charge in [-0.3, -0.25) is 10.2 Å². The van der Waals surface area contributed by atoms with Crippen LogP contribution in [0.4, 0.5) is 13.6 Å². The molecule has 4 rings (SSSR count). The molecule has 2 fully saturated rings. The second-order valence-electron chi connectivity index (χ2n) is 12.6. The largest absolute Gasteiger partial charge is 0.343 e. The molecule has 0 aromatic rings. The first kappa shape index (κ1) is 33.9. The summed E-state index contributed by atoms with van der Waals surface area (Å²) in [5.74, 6) is -0.599. The van der Waals surface area contributed by atoms with Crippen LogP contribution in [0.3, 0.4) is 0 Å². The number of unbranched alkanes of at least 4 members (excludes halogenated alkanes) is 2. The standard InChI is InChI=1S/C34H52F2N6O2/c1-5-8-9-12-31(43)40-17-13-25(14-18-40)39-29-15-19-41(34(44)38-4)22-28(29)33(37)42-16-10-11-24-20-26(23(6-2)7-3)27(32(35)36)21-30(24)42/h6-7,20,25,27-29,32,37,39H,2,5,8-19,21-22H2,1,3-4H3,(H,38,44)/b23-7+,37-33?. The Balaban J connectivity index is 1.52. The monoisotopic (exact) mass is 614 g/mol. The molecule has 244 valence electrons. The molecule has 0 aromatic heterocycles. The van der Waals surface area contributed by atoms with E-state index in [4.69, 9.17) is 0 Å². The predicted molar refractivity (Wildman–Crippen MR) is 172 cm³/mol. The number of allylic oxidation sites excluding steroid dienone is 7. The molecule has 4 aliphatic rings. The van der Waals surface area contributed by atoms with E-state index in [0.29, 0.717) is 43.9 Å². The summed E-state index contributed by atoms with van der Waals surface area (Å²) in [6.45, 7) is 10.9. The molecule has 8 nitrogen and oxygen atoms in total. The number of likely N-dealkylation sites (tertiary alicyclic amines) is 2. The number of amides is 3. The molecule has 3 aliphatic heterocycles. The van der Waals surface area contributed by atoms with Crippen molar-refractivity contribution in [2.24, 2.45) is 11.8 Å². The fourth-order valence-electron chi connectivity index (χ4n) is 7.33. The van der Waals surface area contributed by atoms with E-state index in [1.807, 2.05) is 28.9 Å². The van der Waals surface area contributed by atoms with Crippen LogP contribution in [0.25, 0.3) is 0 Å². The molecule has 3 N–H and O–H groups in total. The van der Waals surface area contributed by atoms with E-state index in [1.165, 1.54) is 0 Å². The summed E-state index contributed by atoms with van der Waals surface area (Å²) >= 11 is 0. The Morgan fingerprint density at radius 3 is 2.50 bits per heavy atom. The summed E-state index contributed by atoms with van der Waals surface area (Å²) in [6, 6.07) is 0.0300. The summed E-state index contributed by atoms with van der Waals surface area (Å²) in [5.41, 5.74) is 3.21. The zero-order valence-electron chi connectivity index (χ0n) is 26.8. The maximum absolute atomic E-state index is 14.4. The number of alkyl halides is 2. The van der Waals surface area contributed by atoms with Crippen LogP contribution in [0, 0.1) is 17.2 Å². The Labute approximate surface area is 262 Å². The highest BCUT2D eigenvalue weighted by Gasteiger charge is 2.41. The number of hydrogen-bond donors (Lipinski definition) is 3.